The van der Waals surface area contributed by atoms with E-state index >= 15 is 0 Å². The molecule has 0 radical (unpaired) electrons. The summed E-state index contributed by atoms with van der Waals surface area (Å²) in [5, 5.41) is 1.31. The number of nitrogens with zero attached hydrogens (tertiary/aromatic N) is 1. The minimum atomic E-state index is -0.00769. The van der Waals surface area contributed by atoms with Crippen LogP contribution in [0.25, 0.3) is 22.3 Å². The highest BCUT2D eigenvalue weighted by Crippen LogP contribution is 2.24. The predicted molar refractivity (Wildman–Crippen MR) is 102 cm³/mol. The molecule has 0 amide bonds. The summed E-state index contributed by atoms with van der Waals surface area (Å²) in [6, 6.07) is 14.8. The SMILES string of the molecule is O=c1cc(-c2ccc(Cl)cc2)oc2ccc(CN3CCCCC3)cc12. The summed E-state index contributed by atoms with van der Waals surface area (Å²) in [7, 11) is 0. The second-order valence-corrected chi connectivity index (χ2v) is 7.09. The van der Waals surface area contributed by atoms with E-state index in [1.54, 1.807) is 18.2 Å². The first-order valence-corrected chi connectivity index (χ1v) is 9.12. The van der Waals surface area contributed by atoms with Crippen LogP contribution in [0.4, 0.5) is 0 Å². The normalized spacial score (nSPS) is 15.6. The fourth-order valence-electron chi connectivity index (χ4n) is 3.43. The van der Waals surface area contributed by atoms with Crippen LogP contribution in [0.5, 0.6) is 0 Å². The van der Waals surface area contributed by atoms with Gasteiger partial charge in [-0.25, -0.2) is 0 Å². The van der Waals surface area contributed by atoms with E-state index < -0.39 is 0 Å². The Labute approximate surface area is 151 Å². The minimum Gasteiger partial charge on any atom is -0.456 e. The van der Waals surface area contributed by atoms with Crippen molar-refractivity contribution in [1.29, 1.82) is 0 Å². The van der Waals surface area contributed by atoms with Crippen LogP contribution in [0, 0.1) is 0 Å². The second kappa shape index (κ2) is 7.03. The lowest BCUT2D eigenvalue weighted by atomic mass is 10.1. The zero-order valence-electron chi connectivity index (χ0n) is 14.0. The van der Waals surface area contributed by atoms with Gasteiger partial charge in [0, 0.05) is 23.2 Å². The molecule has 128 valence electrons. The third-order valence-electron chi connectivity index (χ3n) is 4.78. The van der Waals surface area contributed by atoms with E-state index in [0.717, 1.165) is 25.2 Å². The van der Waals surface area contributed by atoms with Gasteiger partial charge < -0.3 is 4.42 Å². The molecular formula is C21H20ClNO2. The molecule has 2 aromatic carbocycles. The molecule has 4 heteroatoms. The van der Waals surface area contributed by atoms with Crippen LogP contribution in [0.3, 0.4) is 0 Å². The molecule has 0 N–H and O–H groups in total. The molecule has 0 atom stereocenters. The number of piperidine rings is 1. The van der Waals surface area contributed by atoms with E-state index in [0.29, 0.717) is 21.8 Å². The Bertz CT molecular complexity index is 940. The molecule has 0 saturated carbocycles. The summed E-state index contributed by atoms with van der Waals surface area (Å²) in [6.45, 7) is 3.18. The number of rotatable bonds is 3. The van der Waals surface area contributed by atoms with Gasteiger partial charge in [0.15, 0.2) is 5.43 Å². The number of halogens is 1. The van der Waals surface area contributed by atoms with Gasteiger partial charge in [0.05, 0.1) is 5.39 Å². The molecule has 1 aliphatic heterocycles. The van der Waals surface area contributed by atoms with Crippen molar-refractivity contribution < 1.29 is 4.42 Å². The Morgan fingerprint density at radius 3 is 2.48 bits per heavy atom. The van der Waals surface area contributed by atoms with Crippen LogP contribution >= 0.6 is 11.6 Å². The van der Waals surface area contributed by atoms with Crippen molar-refractivity contribution in [3.63, 3.8) is 0 Å². The molecule has 1 saturated heterocycles. The number of benzene rings is 2. The fourth-order valence-corrected chi connectivity index (χ4v) is 3.56. The van der Waals surface area contributed by atoms with Gasteiger partial charge in [-0.3, -0.25) is 9.69 Å². The average Bonchev–Trinajstić information content (AvgIpc) is 2.63. The Morgan fingerprint density at radius 1 is 0.960 bits per heavy atom. The van der Waals surface area contributed by atoms with Gasteiger partial charge in [0.25, 0.3) is 0 Å². The van der Waals surface area contributed by atoms with Gasteiger partial charge in [0.1, 0.15) is 11.3 Å². The maximum Gasteiger partial charge on any atom is 0.193 e. The standard InChI is InChI=1S/C21H20ClNO2/c22-17-7-5-16(6-8-17)21-13-19(24)18-12-15(4-9-20(18)25-21)14-23-10-2-1-3-11-23/h4-9,12-13H,1-3,10-11,14H2. The first-order chi connectivity index (χ1) is 12.2. The van der Waals surface area contributed by atoms with Crippen LogP contribution in [-0.4, -0.2) is 18.0 Å². The van der Waals surface area contributed by atoms with Crippen molar-refractivity contribution in [2.75, 3.05) is 13.1 Å². The van der Waals surface area contributed by atoms with Crippen LogP contribution in [0.15, 0.2) is 57.7 Å². The van der Waals surface area contributed by atoms with E-state index in [2.05, 4.69) is 11.0 Å². The van der Waals surface area contributed by atoms with Crippen LogP contribution < -0.4 is 5.43 Å². The summed E-state index contributed by atoms with van der Waals surface area (Å²) in [6.07, 6.45) is 3.85. The van der Waals surface area contributed by atoms with Gasteiger partial charge in [0.2, 0.25) is 0 Å². The zero-order chi connectivity index (χ0) is 17.2. The molecule has 1 fully saturated rings. The molecule has 1 aromatic heterocycles. The van der Waals surface area contributed by atoms with Gasteiger partial charge in [-0.15, -0.1) is 0 Å². The van der Waals surface area contributed by atoms with Crippen molar-refractivity contribution in [2.24, 2.45) is 0 Å². The summed E-state index contributed by atoms with van der Waals surface area (Å²) < 4.78 is 5.96. The maximum absolute atomic E-state index is 12.6. The van der Waals surface area contributed by atoms with E-state index in [4.69, 9.17) is 16.0 Å². The van der Waals surface area contributed by atoms with E-state index in [-0.39, 0.29) is 5.43 Å². The lowest BCUT2D eigenvalue weighted by Gasteiger charge is -2.26. The molecule has 2 heterocycles. The Kier molecular flexibility index (Phi) is 4.60. The quantitative estimate of drug-likeness (QED) is 0.656. The maximum atomic E-state index is 12.6. The first-order valence-electron chi connectivity index (χ1n) is 8.74. The average molecular weight is 354 g/mol. The molecule has 0 bridgehead atoms. The van der Waals surface area contributed by atoms with Crippen molar-refractivity contribution in [3.05, 3.63) is 69.3 Å². The molecule has 25 heavy (non-hydrogen) atoms. The number of likely N-dealkylation sites (tertiary alicyclic amines) is 1. The molecule has 0 unspecified atom stereocenters. The Balaban J connectivity index is 1.67. The van der Waals surface area contributed by atoms with Gasteiger partial charge in [-0.1, -0.05) is 24.1 Å². The monoisotopic (exact) mass is 353 g/mol. The van der Waals surface area contributed by atoms with Crippen LogP contribution in [-0.2, 0) is 6.54 Å². The summed E-state index contributed by atoms with van der Waals surface area (Å²) in [5.74, 6) is 0.568. The summed E-state index contributed by atoms with van der Waals surface area (Å²) in [4.78, 5) is 15.0. The van der Waals surface area contributed by atoms with E-state index in [1.165, 1.54) is 24.8 Å². The predicted octanol–water partition coefficient (Wildman–Crippen LogP) is 5.10. The van der Waals surface area contributed by atoms with Crippen molar-refractivity contribution in [3.8, 4) is 11.3 Å². The number of fused-ring (bicyclic) bond motifs is 1. The topological polar surface area (TPSA) is 33.5 Å². The Hall–Kier alpha value is -2.10. The number of hydrogen-bond acceptors (Lipinski definition) is 3. The molecule has 3 nitrogen and oxygen atoms in total. The van der Waals surface area contributed by atoms with Gasteiger partial charge in [-0.05, 0) is 67.9 Å². The van der Waals surface area contributed by atoms with Crippen molar-refractivity contribution in [2.45, 2.75) is 25.8 Å². The highest BCUT2D eigenvalue weighted by Gasteiger charge is 2.12. The highest BCUT2D eigenvalue weighted by molar-refractivity contribution is 6.30. The molecule has 1 aliphatic rings. The van der Waals surface area contributed by atoms with Gasteiger partial charge in [-0.2, -0.15) is 0 Å². The van der Waals surface area contributed by atoms with Crippen molar-refractivity contribution in [1.82, 2.24) is 4.90 Å². The summed E-state index contributed by atoms with van der Waals surface area (Å²) >= 11 is 5.93. The lowest BCUT2D eigenvalue weighted by molar-refractivity contribution is 0.221. The number of hydrogen-bond donors (Lipinski definition) is 0. The van der Waals surface area contributed by atoms with E-state index in [9.17, 15) is 4.79 Å². The third kappa shape index (κ3) is 3.63. The molecule has 4 rings (SSSR count). The van der Waals surface area contributed by atoms with E-state index in [1.807, 2.05) is 24.3 Å². The molecule has 3 aromatic rings. The van der Waals surface area contributed by atoms with Crippen LogP contribution in [0.2, 0.25) is 5.02 Å². The highest BCUT2D eigenvalue weighted by atomic mass is 35.5. The molecule has 0 aliphatic carbocycles. The fraction of sp³-hybridized carbons (Fsp3) is 0.286. The first kappa shape index (κ1) is 16.4. The largest absolute Gasteiger partial charge is 0.456 e. The van der Waals surface area contributed by atoms with Gasteiger partial charge >= 0.3 is 0 Å². The smallest absolute Gasteiger partial charge is 0.193 e. The second-order valence-electron chi connectivity index (χ2n) is 6.65. The molecular weight excluding hydrogens is 334 g/mol. The van der Waals surface area contributed by atoms with Crippen LogP contribution in [0.1, 0.15) is 24.8 Å². The minimum absolute atomic E-state index is 0.00769. The van der Waals surface area contributed by atoms with Crippen molar-refractivity contribution >= 4 is 22.6 Å². The summed E-state index contributed by atoms with van der Waals surface area (Å²) in [5.41, 5.74) is 2.63. The Morgan fingerprint density at radius 2 is 1.72 bits per heavy atom. The lowest BCUT2D eigenvalue weighted by Crippen LogP contribution is -2.29. The zero-order valence-corrected chi connectivity index (χ0v) is 14.8. The third-order valence-corrected chi connectivity index (χ3v) is 5.03. The molecule has 0 spiro atoms.